The Labute approximate surface area is 136 Å². The Morgan fingerprint density at radius 3 is 2.91 bits per heavy atom. The number of nitrogens with one attached hydrogen (secondary N) is 1. The zero-order valence-corrected chi connectivity index (χ0v) is 14.0. The van der Waals surface area contributed by atoms with E-state index in [9.17, 15) is 0 Å². The molecule has 124 valence electrons. The van der Waals surface area contributed by atoms with Crippen molar-refractivity contribution in [3.05, 3.63) is 36.4 Å². The maximum atomic E-state index is 5.48. The van der Waals surface area contributed by atoms with Crippen molar-refractivity contribution >= 4 is 0 Å². The van der Waals surface area contributed by atoms with Crippen LogP contribution < -0.4 is 14.8 Å². The van der Waals surface area contributed by atoms with Crippen molar-refractivity contribution < 1.29 is 9.47 Å². The molecule has 0 saturated heterocycles. The number of aromatic nitrogens is 3. The van der Waals surface area contributed by atoms with Gasteiger partial charge in [0.15, 0.2) is 11.5 Å². The van der Waals surface area contributed by atoms with Gasteiger partial charge in [-0.1, -0.05) is 19.9 Å². The second kappa shape index (κ2) is 6.58. The lowest BCUT2D eigenvalue weighted by molar-refractivity contribution is 0.174. The molecular formula is C17H24N4O2. The van der Waals surface area contributed by atoms with Gasteiger partial charge in [0.1, 0.15) is 12.7 Å². The number of hydrogen-bond acceptors (Lipinski definition) is 5. The quantitative estimate of drug-likeness (QED) is 0.849. The smallest absolute Gasteiger partial charge is 0.231 e. The van der Waals surface area contributed by atoms with Crippen LogP contribution in [0.2, 0.25) is 0 Å². The van der Waals surface area contributed by atoms with Gasteiger partial charge in [0, 0.05) is 24.5 Å². The van der Waals surface area contributed by atoms with E-state index in [2.05, 4.69) is 48.3 Å². The van der Waals surface area contributed by atoms with Crippen LogP contribution >= 0.6 is 0 Å². The molecule has 1 unspecified atom stereocenters. The number of ether oxygens (including phenoxy) is 2. The highest BCUT2D eigenvalue weighted by Gasteiger charge is 2.24. The fourth-order valence-electron chi connectivity index (χ4n) is 2.63. The Balaban J connectivity index is 1.53. The third-order valence-corrected chi connectivity index (χ3v) is 4.30. The predicted octanol–water partition coefficient (Wildman–Crippen LogP) is 2.35. The van der Waals surface area contributed by atoms with Crippen LogP contribution in [-0.2, 0) is 12.0 Å². The summed E-state index contributed by atoms with van der Waals surface area (Å²) in [6, 6.07) is 6.61. The molecule has 1 aromatic carbocycles. The molecule has 0 aliphatic carbocycles. The van der Waals surface area contributed by atoms with E-state index in [0.29, 0.717) is 12.8 Å². The molecule has 0 radical (unpaired) electrons. The van der Waals surface area contributed by atoms with Gasteiger partial charge in [-0.2, -0.15) is 5.10 Å². The summed E-state index contributed by atoms with van der Waals surface area (Å²) in [5, 5.41) is 7.75. The van der Waals surface area contributed by atoms with Crippen molar-refractivity contribution in [2.75, 3.05) is 13.3 Å². The minimum absolute atomic E-state index is 0.0164. The van der Waals surface area contributed by atoms with Crippen LogP contribution in [0.25, 0.3) is 0 Å². The zero-order chi connectivity index (χ0) is 16.3. The third-order valence-electron chi connectivity index (χ3n) is 4.30. The van der Waals surface area contributed by atoms with Crippen LogP contribution in [0.1, 0.15) is 32.8 Å². The van der Waals surface area contributed by atoms with Crippen LogP contribution in [0, 0.1) is 0 Å². The second-order valence-electron chi connectivity index (χ2n) is 6.68. The van der Waals surface area contributed by atoms with Gasteiger partial charge in [0.2, 0.25) is 6.79 Å². The Hall–Kier alpha value is -2.08. The summed E-state index contributed by atoms with van der Waals surface area (Å²) in [5.41, 5.74) is 1.26. The van der Waals surface area contributed by atoms with Gasteiger partial charge in [-0.25, -0.2) is 4.98 Å². The van der Waals surface area contributed by atoms with Crippen LogP contribution in [0.5, 0.6) is 11.5 Å². The highest BCUT2D eigenvalue weighted by Crippen LogP contribution is 2.36. The molecule has 1 atom stereocenters. The molecule has 0 spiro atoms. The van der Waals surface area contributed by atoms with Gasteiger partial charge in [0.25, 0.3) is 0 Å². The van der Waals surface area contributed by atoms with Crippen molar-refractivity contribution in [1.29, 1.82) is 0 Å². The third kappa shape index (κ3) is 3.82. The number of nitrogens with zero attached hydrogens (tertiary/aromatic N) is 3. The predicted molar refractivity (Wildman–Crippen MR) is 87.7 cm³/mol. The second-order valence-corrected chi connectivity index (χ2v) is 6.68. The van der Waals surface area contributed by atoms with E-state index in [1.165, 1.54) is 5.56 Å². The van der Waals surface area contributed by atoms with Crippen LogP contribution in [0.4, 0.5) is 0 Å². The highest BCUT2D eigenvalue weighted by molar-refractivity contribution is 5.46. The van der Waals surface area contributed by atoms with E-state index in [4.69, 9.17) is 9.47 Å². The largest absolute Gasteiger partial charge is 0.454 e. The van der Waals surface area contributed by atoms with E-state index in [1.807, 2.05) is 10.7 Å². The number of hydrogen-bond donors (Lipinski definition) is 1. The molecule has 0 fully saturated rings. The number of aryl methyl sites for hydroxylation is 1. The van der Waals surface area contributed by atoms with E-state index >= 15 is 0 Å². The molecule has 2 aromatic rings. The first-order valence-electron chi connectivity index (χ1n) is 8.00. The average Bonchev–Trinajstić information content (AvgIpc) is 3.21. The summed E-state index contributed by atoms with van der Waals surface area (Å²) in [6.45, 7) is 8.76. The molecule has 6 heteroatoms. The minimum Gasteiger partial charge on any atom is -0.454 e. The van der Waals surface area contributed by atoms with Gasteiger partial charge >= 0.3 is 0 Å². The van der Waals surface area contributed by atoms with Gasteiger partial charge in [-0.15, -0.1) is 0 Å². The first-order valence-corrected chi connectivity index (χ1v) is 8.00. The molecule has 1 aromatic heterocycles. The maximum Gasteiger partial charge on any atom is 0.231 e. The van der Waals surface area contributed by atoms with E-state index in [0.717, 1.165) is 31.0 Å². The standard InChI is InChI=1S/C17H24N4O2/c1-13(6-7-21-11-18-10-20-21)19-9-17(2,3)14-4-5-15-16(8-14)23-12-22-15/h4-5,8,10-11,13,19H,6-7,9,12H2,1-3H3. The molecular weight excluding hydrogens is 292 g/mol. The molecule has 6 nitrogen and oxygen atoms in total. The molecule has 2 heterocycles. The lowest BCUT2D eigenvalue weighted by Gasteiger charge is -2.28. The zero-order valence-electron chi connectivity index (χ0n) is 14.0. The Morgan fingerprint density at radius 1 is 1.30 bits per heavy atom. The number of benzene rings is 1. The van der Waals surface area contributed by atoms with Crippen LogP contribution in [-0.4, -0.2) is 34.1 Å². The highest BCUT2D eigenvalue weighted by atomic mass is 16.7. The van der Waals surface area contributed by atoms with Crippen LogP contribution in [0.3, 0.4) is 0 Å². The molecule has 23 heavy (non-hydrogen) atoms. The summed E-state index contributed by atoms with van der Waals surface area (Å²) >= 11 is 0. The first kappa shape index (κ1) is 15.8. The van der Waals surface area contributed by atoms with Crippen molar-refractivity contribution in [3.8, 4) is 11.5 Å². The van der Waals surface area contributed by atoms with Crippen LogP contribution in [0.15, 0.2) is 30.9 Å². The van der Waals surface area contributed by atoms with Gasteiger partial charge in [-0.05, 0) is 31.0 Å². The Kier molecular flexibility index (Phi) is 4.52. The molecule has 0 amide bonds. The SMILES string of the molecule is CC(CCn1cncn1)NCC(C)(C)c1ccc2c(c1)OCO2. The molecule has 1 N–H and O–H groups in total. The molecule has 0 saturated carbocycles. The molecule has 0 bridgehead atoms. The van der Waals surface area contributed by atoms with Crippen molar-refractivity contribution in [1.82, 2.24) is 20.1 Å². The van der Waals surface area contributed by atoms with E-state index in [1.54, 1.807) is 12.7 Å². The lowest BCUT2D eigenvalue weighted by Crippen LogP contribution is -2.38. The van der Waals surface area contributed by atoms with Gasteiger partial charge < -0.3 is 14.8 Å². The fraction of sp³-hybridized carbons (Fsp3) is 0.529. The molecule has 1 aliphatic rings. The minimum atomic E-state index is 0.0164. The van der Waals surface area contributed by atoms with Crippen molar-refractivity contribution in [2.45, 2.75) is 45.2 Å². The summed E-state index contributed by atoms with van der Waals surface area (Å²) in [5.74, 6) is 1.67. The van der Waals surface area contributed by atoms with E-state index in [-0.39, 0.29) is 5.41 Å². The summed E-state index contributed by atoms with van der Waals surface area (Å²) < 4.78 is 12.7. The van der Waals surface area contributed by atoms with Gasteiger partial charge in [0.05, 0.1) is 0 Å². The topological polar surface area (TPSA) is 61.2 Å². The lowest BCUT2D eigenvalue weighted by atomic mass is 9.84. The summed E-state index contributed by atoms with van der Waals surface area (Å²) in [7, 11) is 0. The molecule has 3 rings (SSSR count). The average molecular weight is 316 g/mol. The monoisotopic (exact) mass is 316 g/mol. The Bertz CT molecular complexity index is 640. The molecule has 1 aliphatic heterocycles. The first-order chi connectivity index (χ1) is 11.0. The number of fused-ring (bicyclic) bond motifs is 1. The Morgan fingerprint density at radius 2 is 2.13 bits per heavy atom. The normalized spacial score (nSPS) is 14.9. The summed E-state index contributed by atoms with van der Waals surface area (Å²) in [4.78, 5) is 3.96. The van der Waals surface area contributed by atoms with E-state index < -0.39 is 0 Å². The van der Waals surface area contributed by atoms with Gasteiger partial charge in [-0.3, -0.25) is 4.68 Å². The fourth-order valence-corrected chi connectivity index (χ4v) is 2.63. The summed E-state index contributed by atoms with van der Waals surface area (Å²) in [6.07, 6.45) is 4.34. The number of rotatable bonds is 7. The van der Waals surface area contributed by atoms with Crippen molar-refractivity contribution in [3.63, 3.8) is 0 Å². The maximum absolute atomic E-state index is 5.48. The van der Waals surface area contributed by atoms with Crippen molar-refractivity contribution in [2.24, 2.45) is 0 Å².